The molecule has 0 aromatic heterocycles. The number of ketones is 1. The van der Waals surface area contributed by atoms with Gasteiger partial charge in [0.1, 0.15) is 0 Å². The number of allylic oxidation sites excluding steroid dienone is 2. The molecule has 1 heteroatoms. The average Bonchev–Trinajstić information content (AvgIpc) is 2.18. The second-order valence-corrected chi connectivity index (χ2v) is 3.28. The minimum absolute atomic E-state index is 0.279. The smallest absolute Gasteiger partial charge is 0.163 e. The predicted octanol–water partition coefficient (Wildman–Crippen LogP) is 2.61. The van der Waals surface area contributed by atoms with Crippen LogP contribution in [0.3, 0.4) is 0 Å². The number of rotatable bonds is 0. The van der Waals surface area contributed by atoms with E-state index in [1.807, 2.05) is 31.2 Å². The SMILES string of the molecule is CC=C1C(=O)CCc2ccccc21. The van der Waals surface area contributed by atoms with Crippen molar-refractivity contribution < 1.29 is 4.79 Å². The summed E-state index contributed by atoms with van der Waals surface area (Å²) in [5.74, 6) is 0.279. The Hall–Kier alpha value is -1.37. The predicted molar refractivity (Wildman–Crippen MR) is 53.4 cm³/mol. The van der Waals surface area contributed by atoms with Crippen LogP contribution in [0.2, 0.25) is 0 Å². The van der Waals surface area contributed by atoms with Crippen molar-refractivity contribution in [3.63, 3.8) is 0 Å². The first kappa shape index (κ1) is 8.24. The summed E-state index contributed by atoms with van der Waals surface area (Å²) in [5, 5.41) is 0. The summed E-state index contributed by atoms with van der Waals surface area (Å²) >= 11 is 0. The summed E-state index contributed by atoms with van der Waals surface area (Å²) in [5.41, 5.74) is 3.32. The van der Waals surface area contributed by atoms with Gasteiger partial charge in [-0.1, -0.05) is 30.3 Å². The van der Waals surface area contributed by atoms with E-state index in [1.54, 1.807) is 0 Å². The van der Waals surface area contributed by atoms with Gasteiger partial charge in [-0.3, -0.25) is 4.79 Å². The number of benzene rings is 1. The molecule has 2 rings (SSSR count). The first-order valence-electron chi connectivity index (χ1n) is 4.60. The number of Topliss-reactive ketones (excluding diaryl/α,β-unsaturated/α-hetero) is 1. The third-order valence-electron chi connectivity index (χ3n) is 2.52. The zero-order chi connectivity index (χ0) is 9.26. The van der Waals surface area contributed by atoms with Crippen molar-refractivity contribution in [2.24, 2.45) is 0 Å². The van der Waals surface area contributed by atoms with Crippen molar-refractivity contribution in [2.75, 3.05) is 0 Å². The summed E-state index contributed by atoms with van der Waals surface area (Å²) in [4.78, 5) is 11.5. The monoisotopic (exact) mass is 172 g/mol. The maximum atomic E-state index is 11.5. The van der Waals surface area contributed by atoms with Crippen LogP contribution in [-0.2, 0) is 11.2 Å². The molecule has 0 saturated carbocycles. The van der Waals surface area contributed by atoms with Crippen LogP contribution in [0.4, 0.5) is 0 Å². The summed E-state index contributed by atoms with van der Waals surface area (Å²) in [6.45, 7) is 1.93. The number of aryl methyl sites for hydroxylation is 1. The van der Waals surface area contributed by atoms with Crippen LogP contribution >= 0.6 is 0 Å². The van der Waals surface area contributed by atoms with Gasteiger partial charge in [0.2, 0.25) is 0 Å². The van der Waals surface area contributed by atoms with E-state index in [0.717, 1.165) is 17.6 Å². The zero-order valence-electron chi connectivity index (χ0n) is 7.71. The van der Waals surface area contributed by atoms with Crippen LogP contribution in [0.5, 0.6) is 0 Å². The topological polar surface area (TPSA) is 17.1 Å². The third-order valence-corrected chi connectivity index (χ3v) is 2.52. The highest BCUT2D eigenvalue weighted by Crippen LogP contribution is 2.27. The van der Waals surface area contributed by atoms with E-state index in [4.69, 9.17) is 0 Å². The second kappa shape index (κ2) is 3.17. The van der Waals surface area contributed by atoms with Crippen LogP contribution in [0.25, 0.3) is 5.57 Å². The molecule has 0 amide bonds. The van der Waals surface area contributed by atoms with Gasteiger partial charge >= 0.3 is 0 Å². The fraction of sp³-hybridized carbons (Fsp3) is 0.250. The lowest BCUT2D eigenvalue weighted by molar-refractivity contribution is -0.113. The number of carbonyl (C=O) groups is 1. The molecule has 0 spiro atoms. The average molecular weight is 172 g/mol. The number of fused-ring (bicyclic) bond motifs is 1. The Morgan fingerprint density at radius 1 is 1.23 bits per heavy atom. The normalized spacial score (nSPS) is 18.8. The molecule has 0 N–H and O–H groups in total. The largest absolute Gasteiger partial charge is 0.294 e. The third kappa shape index (κ3) is 1.31. The lowest BCUT2D eigenvalue weighted by Crippen LogP contribution is -2.11. The van der Waals surface area contributed by atoms with Crippen molar-refractivity contribution in [3.8, 4) is 0 Å². The number of carbonyl (C=O) groups excluding carboxylic acids is 1. The van der Waals surface area contributed by atoms with Crippen molar-refractivity contribution >= 4 is 11.4 Å². The van der Waals surface area contributed by atoms with E-state index < -0.39 is 0 Å². The molecule has 66 valence electrons. The van der Waals surface area contributed by atoms with Gasteiger partial charge in [0.05, 0.1) is 0 Å². The molecule has 0 unspecified atom stereocenters. The Balaban J connectivity index is 2.58. The standard InChI is InChI=1S/C12H12O/c1-2-10-11-6-4-3-5-9(11)7-8-12(10)13/h2-6H,7-8H2,1H3. The Bertz CT molecular complexity index is 374. The molecule has 0 saturated heterocycles. The molecule has 13 heavy (non-hydrogen) atoms. The molecule has 0 radical (unpaired) electrons. The molecular formula is C12H12O. The first-order valence-corrected chi connectivity index (χ1v) is 4.60. The molecule has 1 aromatic rings. The van der Waals surface area contributed by atoms with Gasteiger partial charge in [0.15, 0.2) is 5.78 Å². The van der Waals surface area contributed by atoms with E-state index in [-0.39, 0.29) is 5.78 Å². The van der Waals surface area contributed by atoms with E-state index in [2.05, 4.69) is 6.07 Å². The number of hydrogen-bond acceptors (Lipinski definition) is 1. The van der Waals surface area contributed by atoms with Gasteiger partial charge in [0, 0.05) is 12.0 Å². The highest BCUT2D eigenvalue weighted by atomic mass is 16.1. The van der Waals surface area contributed by atoms with Crippen LogP contribution in [0.15, 0.2) is 30.3 Å². The Kier molecular flexibility index (Phi) is 2.01. The lowest BCUT2D eigenvalue weighted by atomic mass is 9.86. The Morgan fingerprint density at radius 2 is 2.00 bits per heavy atom. The van der Waals surface area contributed by atoms with Gasteiger partial charge in [-0.05, 0) is 24.5 Å². The van der Waals surface area contributed by atoms with Crippen molar-refractivity contribution in [3.05, 3.63) is 41.5 Å². The van der Waals surface area contributed by atoms with Gasteiger partial charge in [-0.25, -0.2) is 0 Å². The van der Waals surface area contributed by atoms with E-state index in [9.17, 15) is 4.79 Å². The van der Waals surface area contributed by atoms with Gasteiger partial charge in [-0.2, -0.15) is 0 Å². The van der Waals surface area contributed by atoms with Crippen LogP contribution in [0.1, 0.15) is 24.5 Å². The molecule has 0 bridgehead atoms. The molecule has 1 aliphatic carbocycles. The fourth-order valence-electron chi connectivity index (χ4n) is 1.85. The zero-order valence-corrected chi connectivity index (χ0v) is 7.71. The maximum Gasteiger partial charge on any atom is 0.163 e. The second-order valence-electron chi connectivity index (χ2n) is 3.28. The minimum Gasteiger partial charge on any atom is -0.294 e. The van der Waals surface area contributed by atoms with Crippen LogP contribution < -0.4 is 0 Å². The highest BCUT2D eigenvalue weighted by Gasteiger charge is 2.19. The number of hydrogen-bond donors (Lipinski definition) is 0. The molecule has 0 heterocycles. The fourth-order valence-corrected chi connectivity index (χ4v) is 1.85. The van der Waals surface area contributed by atoms with Crippen LogP contribution in [0, 0.1) is 0 Å². The Labute approximate surface area is 78.1 Å². The Morgan fingerprint density at radius 3 is 2.77 bits per heavy atom. The van der Waals surface area contributed by atoms with Crippen molar-refractivity contribution in [1.29, 1.82) is 0 Å². The van der Waals surface area contributed by atoms with Gasteiger partial charge in [0.25, 0.3) is 0 Å². The lowest BCUT2D eigenvalue weighted by Gasteiger charge is -2.17. The van der Waals surface area contributed by atoms with E-state index in [1.165, 1.54) is 5.56 Å². The van der Waals surface area contributed by atoms with E-state index >= 15 is 0 Å². The molecule has 1 nitrogen and oxygen atoms in total. The summed E-state index contributed by atoms with van der Waals surface area (Å²) in [6, 6.07) is 8.15. The van der Waals surface area contributed by atoms with Crippen molar-refractivity contribution in [2.45, 2.75) is 19.8 Å². The quantitative estimate of drug-likeness (QED) is 0.550. The van der Waals surface area contributed by atoms with Gasteiger partial charge < -0.3 is 0 Å². The molecule has 1 aromatic carbocycles. The summed E-state index contributed by atoms with van der Waals surface area (Å²) in [6.07, 6.45) is 3.48. The van der Waals surface area contributed by atoms with Crippen molar-refractivity contribution in [1.82, 2.24) is 0 Å². The molecule has 1 aliphatic rings. The maximum absolute atomic E-state index is 11.5. The highest BCUT2D eigenvalue weighted by molar-refractivity contribution is 6.22. The van der Waals surface area contributed by atoms with Gasteiger partial charge in [-0.15, -0.1) is 0 Å². The summed E-state index contributed by atoms with van der Waals surface area (Å²) in [7, 11) is 0. The first-order chi connectivity index (χ1) is 6.33. The molecular weight excluding hydrogens is 160 g/mol. The van der Waals surface area contributed by atoms with E-state index in [0.29, 0.717) is 6.42 Å². The molecule has 0 fully saturated rings. The summed E-state index contributed by atoms with van der Waals surface area (Å²) < 4.78 is 0. The van der Waals surface area contributed by atoms with Crippen LogP contribution in [-0.4, -0.2) is 5.78 Å². The molecule has 0 atom stereocenters. The minimum atomic E-state index is 0.279. The molecule has 0 aliphatic heterocycles.